The molecule has 102 valence electrons. The van der Waals surface area contributed by atoms with E-state index in [9.17, 15) is 13.2 Å². The smallest absolute Gasteiger partial charge is 0.406 e. The van der Waals surface area contributed by atoms with E-state index in [1.807, 2.05) is 7.05 Å². The number of hydrogen-bond donors (Lipinski definition) is 1. The largest absolute Gasteiger partial charge is 0.573 e. The van der Waals surface area contributed by atoms with Gasteiger partial charge in [0.2, 0.25) is 0 Å². The van der Waals surface area contributed by atoms with Gasteiger partial charge >= 0.3 is 6.36 Å². The van der Waals surface area contributed by atoms with Crippen molar-refractivity contribution in [2.75, 3.05) is 13.6 Å². The summed E-state index contributed by atoms with van der Waals surface area (Å²) < 4.78 is 39.7. The molecule has 0 aliphatic carbocycles. The third-order valence-corrected chi connectivity index (χ3v) is 2.64. The molecule has 2 nitrogen and oxygen atoms in total. The van der Waals surface area contributed by atoms with Crippen LogP contribution in [0.5, 0.6) is 5.75 Å². The van der Waals surface area contributed by atoms with Crippen LogP contribution in [0.4, 0.5) is 13.2 Å². The molecule has 0 radical (unpaired) electrons. The van der Waals surface area contributed by atoms with Crippen LogP contribution in [0.25, 0.3) is 0 Å². The first-order chi connectivity index (χ1) is 8.40. The predicted octanol–water partition coefficient (Wildman–Crippen LogP) is 3.37. The standard InChI is InChI=1S/C13H18F3NO/c1-10(9-17-2)3-4-11-5-7-12(8-6-11)18-13(14,15)16/h5-8,10,17H,3-4,9H2,1-2H3. The summed E-state index contributed by atoms with van der Waals surface area (Å²) in [5.41, 5.74) is 1.02. The molecule has 18 heavy (non-hydrogen) atoms. The molecule has 0 aliphatic heterocycles. The number of benzene rings is 1. The van der Waals surface area contributed by atoms with E-state index in [1.54, 1.807) is 12.1 Å². The van der Waals surface area contributed by atoms with Gasteiger partial charge in [-0.25, -0.2) is 0 Å². The van der Waals surface area contributed by atoms with Crippen LogP contribution >= 0.6 is 0 Å². The Morgan fingerprint density at radius 3 is 2.33 bits per heavy atom. The van der Waals surface area contributed by atoms with Crippen molar-refractivity contribution in [3.8, 4) is 5.75 Å². The second-order valence-electron chi connectivity index (χ2n) is 4.39. The van der Waals surface area contributed by atoms with E-state index < -0.39 is 6.36 Å². The van der Waals surface area contributed by atoms with Gasteiger partial charge in [-0.1, -0.05) is 19.1 Å². The van der Waals surface area contributed by atoms with Crippen molar-refractivity contribution in [1.29, 1.82) is 0 Å². The zero-order valence-electron chi connectivity index (χ0n) is 10.6. The number of alkyl halides is 3. The van der Waals surface area contributed by atoms with Crippen LogP contribution in [-0.2, 0) is 6.42 Å². The molecule has 0 fully saturated rings. The lowest BCUT2D eigenvalue weighted by Gasteiger charge is -2.11. The molecule has 1 N–H and O–H groups in total. The molecule has 1 aromatic rings. The summed E-state index contributed by atoms with van der Waals surface area (Å²) in [5, 5.41) is 3.09. The Balaban J connectivity index is 2.45. The van der Waals surface area contributed by atoms with Crippen LogP contribution in [0.3, 0.4) is 0 Å². The molecular weight excluding hydrogens is 243 g/mol. The van der Waals surface area contributed by atoms with Crippen LogP contribution in [0.15, 0.2) is 24.3 Å². The molecule has 0 saturated heterocycles. The minimum Gasteiger partial charge on any atom is -0.406 e. The van der Waals surface area contributed by atoms with E-state index in [1.165, 1.54) is 12.1 Å². The average molecular weight is 261 g/mol. The molecule has 0 aliphatic rings. The Morgan fingerprint density at radius 1 is 1.22 bits per heavy atom. The first-order valence-electron chi connectivity index (χ1n) is 5.90. The van der Waals surface area contributed by atoms with E-state index in [-0.39, 0.29) is 5.75 Å². The molecule has 0 amide bonds. The number of halogens is 3. The number of ether oxygens (including phenoxy) is 1. The molecule has 5 heteroatoms. The minimum absolute atomic E-state index is 0.172. The number of hydrogen-bond acceptors (Lipinski definition) is 2. The van der Waals surface area contributed by atoms with Gasteiger partial charge < -0.3 is 10.1 Å². The average Bonchev–Trinajstić information content (AvgIpc) is 2.26. The van der Waals surface area contributed by atoms with Crippen LogP contribution < -0.4 is 10.1 Å². The number of rotatable bonds is 6. The van der Waals surface area contributed by atoms with Crippen molar-refractivity contribution in [2.24, 2.45) is 5.92 Å². The lowest BCUT2D eigenvalue weighted by Crippen LogP contribution is -2.17. The molecule has 0 spiro atoms. The second-order valence-corrected chi connectivity index (χ2v) is 4.39. The summed E-state index contributed by atoms with van der Waals surface area (Å²) in [4.78, 5) is 0. The number of aryl methyl sites for hydroxylation is 1. The van der Waals surface area contributed by atoms with Crippen molar-refractivity contribution >= 4 is 0 Å². The fourth-order valence-corrected chi connectivity index (χ4v) is 1.72. The van der Waals surface area contributed by atoms with Gasteiger partial charge in [-0.15, -0.1) is 13.2 Å². The zero-order valence-corrected chi connectivity index (χ0v) is 10.6. The van der Waals surface area contributed by atoms with Crippen LogP contribution in [-0.4, -0.2) is 20.0 Å². The van der Waals surface area contributed by atoms with E-state index in [2.05, 4.69) is 17.0 Å². The van der Waals surface area contributed by atoms with E-state index >= 15 is 0 Å². The Bertz CT molecular complexity index is 348. The van der Waals surface area contributed by atoms with Gasteiger partial charge in [0.15, 0.2) is 0 Å². The minimum atomic E-state index is -4.62. The third kappa shape index (κ3) is 5.91. The van der Waals surface area contributed by atoms with E-state index in [4.69, 9.17) is 0 Å². The van der Waals surface area contributed by atoms with Crippen LogP contribution in [0, 0.1) is 5.92 Å². The first kappa shape index (κ1) is 14.8. The van der Waals surface area contributed by atoms with Crippen molar-refractivity contribution in [3.05, 3.63) is 29.8 Å². The fourth-order valence-electron chi connectivity index (χ4n) is 1.72. The van der Waals surface area contributed by atoms with Gasteiger partial charge in [0.05, 0.1) is 0 Å². The summed E-state index contributed by atoms with van der Waals surface area (Å²) in [5.74, 6) is 0.371. The zero-order chi connectivity index (χ0) is 13.6. The maximum atomic E-state index is 12.0. The Labute approximate surface area is 105 Å². The molecule has 0 saturated carbocycles. The van der Waals surface area contributed by atoms with E-state index in [0.29, 0.717) is 5.92 Å². The highest BCUT2D eigenvalue weighted by molar-refractivity contribution is 5.27. The highest BCUT2D eigenvalue weighted by Crippen LogP contribution is 2.23. The molecule has 1 rings (SSSR count). The van der Waals surface area contributed by atoms with Gasteiger partial charge in [-0.05, 0) is 50.0 Å². The summed E-state index contributed by atoms with van der Waals surface area (Å²) in [6.07, 6.45) is -2.77. The molecule has 1 unspecified atom stereocenters. The molecule has 1 atom stereocenters. The van der Waals surface area contributed by atoms with E-state index in [0.717, 1.165) is 24.9 Å². The van der Waals surface area contributed by atoms with Gasteiger partial charge in [-0.3, -0.25) is 0 Å². The van der Waals surface area contributed by atoms with Crippen LogP contribution in [0.1, 0.15) is 18.9 Å². The second kappa shape index (κ2) is 6.64. The molecular formula is C13H18F3NO. The Morgan fingerprint density at radius 2 is 1.83 bits per heavy atom. The van der Waals surface area contributed by atoms with Crippen molar-refractivity contribution in [2.45, 2.75) is 26.1 Å². The summed E-state index contributed by atoms with van der Waals surface area (Å²) in [6, 6.07) is 6.05. The van der Waals surface area contributed by atoms with Gasteiger partial charge in [0, 0.05) is 0 Å². The Kier molecular flexibility index (Phi) is 5.47. The monoisotopic (exact) mass is 261 g/mol. The third-order valence-electron chi connectivity index (χ3n) is 2.64. The number of nitrogens with one attached hydrogen (secondary N) is 1. The lowest BCUT2D eigenvalue weighted by atomic mass is 10.0. The topological polar surface area (TPSA) is 21.3 Å². The van der Waals surface area contributed by atoms with Gasteiger partial charge in [-0.2, -0.15) is 0 Å². The van der Waals surface area contributed by atoms with Crippen molar-refractivity contribution in [3.63, 3.8) is 0 Å². The van der Waals surface area contributed by atoms with Crippen LogP contribution in [0.2, 0.25) is 0 Å². The molecule has 0 heterocycles. The van der Waals surface area contributed by atoms with Crippen molar-refractivity contribution in [1.82, 2.24) is 5.32 Å². The summed E-state index contributed by atoms with van der Waals surface area (Å²) >= 11 is 0. The fraction of sp³-hybridized carbons (Fsp3) is 0.538. The quantitative estimate of drug-likeness (QED) is 0.847. The SMILES string of the molecule is CNCC(C)CCc1ccc(OC(F)(F)F)cc1. The summed E-state index contributed by atoms with van der Waals surface area (Å²) in [6.45, 7) is 3.08. The van der Waals surface area contributed by atoms with Crippen molar-refractivity contribution < 1.29 is 17.9 Å². The predicted molar refractivity (Wildman–Crippen MR) is 64.5 cm³/mol. The highest BCUT2D eigenvalue weighted by atomic mass is 19.4. The molecule has 1 aromatic carbocycles. The maximum Gasteiger partial charge on any atom is 0.573 e. The summed E-state index contributed by atoms with van der Waals surface area (Å²) in [7, 11) is 1.90. The molecule has 0 bridgehead atoms. The maximum absolute atomic E-state index is 12.0. The highest BCUT2D eigenvalue weighted by Gasteiger charge is 2.30. The first-order valence-corrected chi connectivity index (χ1v) is 5.90. The Hall–Kier alpha value is -1.23. The molecule has 0 aromatic heterocycles. The van der Waals surface area contributed by atoms with Gasteiger partial charge in [0.25, 0.3) is 0 Å². The van der Waals surface area contributed by atoms with Gasteiger partial charge in [0.1, 0.15) is 5.75 Å². The normalized spacial score (nSPS) is 13.4. The lowest BCUT2D eigenvalue weighted by molar-refractivity contribution is -0.274.